The highest BCUT2D eigenvalue weighted by Crippen LogP contribution is 2.57. The fourth-order valence-electron chi connectivity index (χ4n) is 2.26. The third kappa shape index (κ3) is 4.47. The number of phosphoric acid groups is 1. The van der Waals surface area contributed by atoms with Gasteiger partial charge >= 0.3 is 21.5 Å². The number of phosphoric ester groups is 1. The van der Waals surface area contributed by atoms with Gasteiger partial charge in [0.25, 0.3) is 11.2 Å². The summed E-state index contributed by atoms with van der Waals surface area (Å²) in [6.45, 7) is 0.376. The molecule has 1 aromatic rings. The SMILES string of the molecule is Cc1cn([C@@H]2O[C@H](COP(=O)(O)O)C(=O)C2[P+](O)(O)O)c(=O)[nH]c1=O. The van der Waals surface area contributed by atoms with Crippen LogP contribution in [0.2, 0.25) is 0 Å². The number of hydrogen-bond acceptors (Lipinski definition) is 9. The number of rotatable bonds is 5. The zero-order valence-corrected chi connectivity index (χ0v) is 14.3. The largest absolute Gasteiger partial charge is 0.469 e. The second-order valence-electron chi connectivity index (χ2n) is 5.24. The molecule has 1 fully saturated rings. The molecule has 6 N–H and O–H groups in total. The van der Waals surface area contributed by atoms with Crippen LogP contribution < -0.4 is 11.2 Å². The Kier molecular flexibility index (Phi) is 5.45. The lowest BCUT2D eigenvalue weighted by Crippen LogP contribution is -2.38. The molecule has 0 aromatic carbocycles. The number of aromatic nitrogens is 2. The molecular formula is C10H15N2O11P2+. The number of aryl methyl sites for hydroxylation is 1. The number of aromatic amines is 1. The topological polar surface area (TPSA) is 209 Å². The van der Waals surface area contributed by atoms with Gasteiger partial charge in [-0.25, -0.2) is 9.36 Å². The summed E-state index contributed by atoms with van der Waals surface area (Å²) < 4.78 is 20.7. The average molecular weight is 401 g/mol. The molecule has 0 amide bonds. The molecule has 13 nitrogen and oxygen atoms in total. The highest BCUT2D eigenvalue weighted by atomic mass is 31.2. The van der Waals surface area contributed by atoms with Crippen molar-refractivity contribution in [2.75, 3.05) is 6.61 Å². The van der Waals surface area contributed by atoms with E-state index in [-0.39, 0.29) is 5.56 Å². The molecule has 1 saturated heterocycles. The molecule has 0 saturated carbocycles. The molecule has 1 aliphatic rings. The van der Waals surface area contributed by atoms with E-state index in [0.717, 1.165) is 6.20 Å². The van der Waals surface area contributed by atoms with Crippen LogP contribution in [0.3, 0.4) is 0 Å². The Morgan fingerprint density at radius 2 is 1.92 bits per heavy atom. The van der Waals surface area contributed by atoms with Crippen molar-refractivity contribution in [2.24, 2.45) is 0 Å². The van der Waals surface area contributed by atoms with Crippen molar-refractivity contribution < 1.29 is 43.1 Å². The summed E-state index contributed by atoms with van der Waals surface area (Å²) in [5.41, 5.74) is -3.74. The molecule has 140 valence electrons. The first kappa shape index (κ1) is 20.0. The van der Waals surface area contributed by atoms with E-state index in [4.69, 9.17) is 14.5 Å². The van der Waals surface area contributed by atoms with Crippen LogP contribution in [0.1, 0.15) is 11.8 Å². The normalized spacial score (nSPS) is 24.7. The number of carbonyl (C=O) groups is 1. The maximum atomic E-state index is 12.2. The number of H-pyrrole nitrogens is 1. The van der Waals surface area contributed by atoms with Crippen LogP contribution in [-0.2, 0) is 18.6 Å². The first-order chi connectivity index (χ1) is 11.3. The Bertz CT molecular complexity index is 834. The molecule has 0 aliphatic carbocycles. The molecule has 1 aliphatic heterocycles. The second kappa shape index (κ2) is 6.80. The van der Waals surface area contributed by atoms with Crippen LogP contribution in [0.15, 0.2) is 15.8 Å². The third-order valence-electron chi connectivity index (χ3n) is 3.37. The Labute approximate surface area is 139 Å². The minimum absolute atomic E-state index is 0.0297. The smallest absolute Gasteiger partial charge is 0.339 e. The van der Waals surface area contributed by atoms with E-state index in [1.807, 2.05) is 4.98 Å². The molecule has 0 radical (unpaired) electrons. The summed E-state index contributed by atoms with van der Waals surface area (Å²) in [5.74, 6) is -1.13. The molecule has 2 rings (SSSR count). The summed E-state index contributed by atoms with van der Waals surface area (Å²) >= 11 is 0. The average Bonchev–Trinajstić information content (AvgIpc) is 2.76. The van der Waals surface area contributed by atoms with Gasteiger partial charge in [-0.3, -0.25) is 23.7 Å². The lowest BCUT2D eigenvalue weighted by atomic mass is 10.2. The lowest BCUT2D eigenvalue weighted by molar-refractivity contribution is -0.124. The monoisotopic (exact) mass is 401 g/mol. The van der Waals surface area contributed by atoms with Crippen molar-refractivity contribution in [1.82, 2.24) is 9.55 Å². The molecule has 25 heavy (non-hydrogen) atoms. The zero-order valence-electron chi connectivity index (χ0n) is 12.5. The summed E-state index contributed by atoms with van der Waals surface area (Å²) in [5, 5.41) is 0. The number of nitrogens with zero attached hydrogens (tertiary/aromatic N) is 1. The van der Waals surface area contributed by atoms with E-state index >= 15 is 0 Å². The van der Waals surface area contributed by atoms with Gasteiger partial charge in [-0.1, -0.05) is 0 Å². The Balaban J connectivity index is 2.43. The van der Waals surface area contributed by atoms with Gasteiger partial charge in [-0.2, -0.15) is 14.7 Å². The minimum atomic E-state index is -4.95. The number of ketones is 1. The van der Waals surface area contributed by atoms with Crippen LogP contribution in [0, 0.1) is 6.92 Å². The summed E-state index contributed by atoms with van der Waals surface area (Å²) in [6.07, 6.45) is -2.43. The van der Waals surface area contributed by atoms with Gasteiger partial charge in [0, 0.05) is 11.8 Å². The highest BCUT2D eigenvalue weighted by Gasteiger charge is 2.62. The van der Waals surface area contributed by atoms with Crippen molar-refractivity contribution >= 4 is 21.5 Å². The van der Waals surface area contributed by atoms with Crippen LogP contribution in [0.4, 0.5) is 0 Å². The number of carbonyl (C=O) groups excluding carboxylic acids is 1. The van der Waals surface area contributed by atoms with Crippen molar-refractivity contribution in [3.63, 3.8) is 0 Å². The first-order valence-electron chi connectivity index (χ1n) is 6.59. The van der Waals surface area contributed by atoms with Crippen LogP contribution in [-0.4, -0.2) is 58.2 Å². The molecule has 1 unspecified atom stereocenters. The molecule has 0 bridgehead atoms. The van der Waals surface area contributed by atoms with Crippen LogP contribution >= 0.6 is 15.8 Å². The van der Waals surface area contributed by atoms with Gasteiger partial charge in [0.1, 0.15) is 6.10 Å². The van der Waals surface area contributed by atoms with Gasteiger partial charge in [0.15, 0.2) is 6.23 Å². The van der Waals surface area contributed by atoms with E-state index in [1.54, 1.807) is 0 Å². The van der Waals surface area contributed by atoms with Crippen molar-refractivity contribution in [2.45, 2.75) is 24.9 Å². The number of Topliss-reactive ketones (excluding diaryl/α,β-unsaturated/α-hetero) is 1. The van der Waals surface area contributed by atoms with Crippen molar-refractivity contribution in [3.8, 4) is 0 Å². The zero-order chi connectivity index (χ0) is 19.2. The third-order valence-corrected chi connectivity index (χ3v) is 5.11. The number of hydrogen-bond donors (Lipinski definition) is 6. The molecule has 2 heterocycles. The maximum Gasteiger partial charge on any atom is 0.469 e. The van der Waals surface area contributed by atoms with E-state index in [9.17, 15) is 33.6 Å². The molecular weight excluding hydrogens is 386 g/mol. The predicted octanol–water partition coefficient (Wildman–Crippen LogP) is -2.47. The highest BCUT2D eigenvalue weighted by molar-refractivity contribution is 7.60. The Morgan fingerprint density at radius 1 is 1.32 bits per heavy atom. The van der Waals surface area contributed by atoms with E-state index in [1.165, 1.54) is 6.92 Å². The van der Waals surface area contributed by atoms with Gasteiger partial charge < -0.3 is 14.5 Å². The van der Waals surface area contributed by atoms with Crippen molar-refractivity contribution in [1.29, 1.82) is 0 Å². The Morgan fingerprint density at radius 3 is 2.44 bits per heavy atom. The standard InChI is InChI=1S/C10H14N2O11P2/c1-4-2-12(10(15)11-8(4)14)9-7(24(16,17)18)6(13)5(23-9)3-22-25(19,20)21/h2,5,7,9,16-18H,3H2,1H3,(H2-,11,14,15,19,20,21)/p+1/t5-,7?,9-/m1/s1. The maximum absolute atomic E-state index is 12.2. The van der Waals surface area contributed by atoms with E-state index < -0.39 is 57.4 Å². The summed E-state index contributed by atoms with van der Waals surface area (Å²) in [6, 6.07) is 0. The lowest BCUT2D eigenvalue weighted by Gasteiger charge is -2.19. The second-order valence-corrected chi connectivity index (χ2v) is 8.27. The van der Waals surface area contributed by atoms with Crippen LogP contribution in [0.5, 0.6) is 0 Å². The minimum Gasteiger partial charge on any atom is -0.339 e. The number of nitrogens with one attached hydrogen (secondary N) is 1. The summed E-state index contributed by atoms with van der Waals surface area (Å²) in [7, 11) is -9.81. The van der Waals surface area contributed by atoms with Gasteiger partial charge in [0.05, 0.1) is 6.61 Å². The predicted molar refractivity (Wildman–Crippen MR) is 80.3 cm³/mol. The summed E-state index contributed by atoms with van der Waals surface area (Å²) in [4.78, 5) is 83.3. The molecule has 0 spiro atoms. The molecule has 3 atom stereocenters. The van der Waals surface area contributed by atoms with Crippen molar-refractivity contribution in [3.05, 3.63) is 32.6 Å². The Hall–Kier alpha value is -1.27. The number of ether oxygens (including phenoxy) is 1. The van der Waals surface area contributed by atoms with Crippen LogP contribution in [0.25, 0.3) is 0 Å². The van der Waals surface area contributed by atoms with Gasteiger partial charge in [-0.05, 0) is 6.92 Å². The van der Waals surface area contributed by atoms with Gasteiger partial charge in [-0.15, -0.1) is 0 Å². The van der Waals surface area contributed by atoms with Gasteiger partial charge in [0.2, 0.25) is 5.78 Å². The molecule has 15 heteroatoms. The van der Waals surface area contributed by atoms with E-state index in [0.29, 0.717) is 4.57 Å². The fraction of sp³-hybridized carbons (Fsp3) is 0.500. The molecule has 1 aromatic heterocycles. The fourth-order valence-corrected chi connectivity index (χ4v) is 3.66. The quantitative estimate of drug-likeness (QED) is 0.285. The first-order valence-corrected chi connectivity index (χ1v) is 9.84. The van der Waals surface area contributed by atoms with E-state index in [2.05, 4.69) is 4.52 Å².